The van der Waals surface area contributed by atoms with Gasteiger partial charge in [0.1, 0.15) is 6.54 Å². The van der Waals surface area contributed by atoms with E-state index >= 15 is 0 Å². The largest absolute Gasteiger partial charge is 0.416 e. The highest BCUT2D eigenvalue weighted by atomic mass is 35.5. The number of hydrogen-bond acceptors (Lipinski definition) is 4. The summed E-state index contributed by atoms with van der Waals surface area (Å²) in [6.07, 6.45) is -1.48. The van der Waals surface area contributed by atoms with E-state index < -0.39 is 29.8 Å². The van der Waals surface area contributed by atoms with Crippen LogP contribution in [0.3, 0.4) is 0 Å². The molecule has 3 rings (SSSR count). The molecular weight excluding hydrogens is 397 g/mol. The number of alkyl halides is 3. The summed E-state index contributed by atoms with van der Waals surface area (Å²) >= 11 is 5.86. The van der Waals surface area contributed by atoms with Gasteiger partial charge in [0.25, 0.3) is 5.56 Å². The van der Waals surface area contributed by atoms with Gasteiger partial charge in [0.2, 0.25) is 5.91 Å². The summed E-state index contributed by atoms with van der Waals surface area (Å²) in [6, 6.07) is 8.67. The summed E-state index contributed by atoms with van der Waals surface area (Å²) in [5, 5.41) is 6.32. The first-order valence-corrected chi connectivity index (χ1v) is 8.27. The number of pyridine rings is 1. The van der Waals surface area contributed by atoms with Crippen molar-refractivity contribution in [3.05, 3.63) is 75.8 Å². The third-order valence-electron chi connectivity index (χ3n) is 3.70. The predicted molar refractivity (Wildman–Crippen MR) is 96.8 cm³/mol. The quantitative estimate of drug-likeness (QED) is 0.715. The van der Waals surface area contributed by atoms with Crippen LogP contribution in [0.1, 0.15) is 5.56 Å². The van der Waals surface area contributed by atoms with Crippen LogP contribution in [0.15, 0.2) is 59.7 Å². The zero-order valence-electron chi connectivity index (χ0n) is 14.1. The number of carbonyl (C=O) groups is 1. The van der Waals surface area contributed by atoms with Crippen molar-refractivity contribution in [1.82, 2.24) is 14.8 Å². The van der Waals surface area contributed by atoms with Gasteiger partial charge in [-0.2, -0.15) is 18.3 Å². The zero-order valence-corrected chi connectivity index (χ0v) is 14.8. The average molecular weight is 409 g/mol. The molecule has 0 aliphatic heterocycles. The normalized spacial score (nSPS) is 11.3. The highest BCUT2D eigenvalue weighted by Gasteiger charge is 2.31. The lowest BCUT2D eigenvalue weighted by Gasteiger charge is -2.12. The fourth-order valence-electron chi connectivity index (χ4n) is 2.36. The van der Waals surface area contributed by atoms with E-state index in [-0.39, 0.29) is 10.7 Å². The SMILES string of the molecule is O=C(Cn1nc(-c2ccncc2)ccc1=O)Nc1cc(C(F)(F)F)ccc1Cl. The summed E-state index contributed by atoms with van der Waals surface area (Å²) in [6.45, 7) is -0.496. The topological polar surface area (TPSA) is 76.9 Å². The molecule has 1 N–H and O–H groups in total. The van der Waals surface area contributed by atoms with Gasteiger partial charge in [-0.1, -0.05) is 11.6 Å². The van der Waals surface area contributed by atoms with Gasteiger partial charge in [0, 0.05) is 24.0 Å². The third kappa shape index (κ3) is 4.55. The maximum Gasteiger partial charge on any atom is 0.416 e. The van der Waals surface area contributed by atoms with E-state index in [1.807, 2.05) is 0 Å². The van der Waals surface area contributed by atoms with Gasteiger partial charge in [-0.3, -0.25) is 14.6 Å². The Morgan fingerprint density at radius 2 is 1.82 bits per heavy atom. The Hall–Kier alpha value is -3.20. The first-order valence-electron chi connectivity index (χ1n) is 7.89. The molecule has 0 radical (unpaired) electrons. The fraction of sp³-hybridized carbons (Fsp3) is 0.111. The van der Waals surface area contributed by atoms with Crippen LogP contribution in [-0.4, -0.2) is 20.7 Å². The van der Waals surface area contributed by atoms with Gasteiger partial charge in [0.05, 0.1) is 22.0 Å². The van der Waals surface area contributed by atoms with E-state index in [0.717, 1.165) is 22.9 Å². The van der Waals surface area contributed by atoms with Crippen molar-refractivity contribution in [3.63, 3.8) is 0 Å². The predicted octanol–water partition coefficient (Wildman–Crippen LogP) is 3.62. The molecule has 28 heavy (non-hydrogen) atoms. The van der Waals surface area contributed by atoms with E-state index in [1.165, 1.54) is 12.1 Å². The molecule has 0 spiro atoms. The molecule has 1 aromatic carbocycles. The highest BCUT2D eigenvalue weighted by Crippen LogP contribution is 2.33. The number of aromatic nitrogens is 3. The van der Waals surface area contributed by atoms with Crippen LogP contribution in [0.25, 0.3) is 11.3 Å². The number of amides is 1. The maximum atomic E-state index is 12.8. The summed E-state index contributed by atoms with van der Waals surface area (Å²) in [7, 11) is 0. The van der Waals surface area contributed by atoms with Crippen molar-refractivity contribution < 1.29 is 18.0 Å². The first kappa shape index (κ1) is 19.6. The Morgan fingerprint density at radius 1 is 1.11 bits per heavy atom. The summed E-state index contributed by atoms with van der Waals surface area (Å²) in [5.74, 6) is -0.747. The molecular formula is C18H12ClF3N4O2. The second-order valence-electron chi connectivity index (χ2n) is 5.69. The molecule has 3 aromatic rings. The molecule has 6 nitrogen and oxygen atoms in total. The number of anilines is 1. The smallest absolute Gasteiger partial charge is 0.323 e. The molecule has 0 aliphatic rings. The van der Waals surface area contributed by atoms with E-state index in [0.29, 0.717) is 11.3 Å². The molecule has 0 atom stereocenters. The standard InChI is InChI=1S/C18H12ClF3N4O2/c19-13-2-1-12(18(20,21)22)9-15(13)24-16(27)10-26-17(28)4-3-14(25-26)11-5-7-23-8-6-11/h1-9H,10H2,(H,24,27). The van der Waals surface area contributed by atoms with Gasteiger partial charge in [0.15, 0.2) is 0 Å². The number of nitrogens with one attached hydrogen (secondary N) is 1. The Kier molecular flexibility index (Phi) is 5.46. The molecule has 0 saturated heterocycles. The van der Waals surface area contributed by atoms with Gasteiger partial charge in [-0.25, -0.2) is 4.68 Å². The average Bonchev–Trinajstić information content (AvgIpc) is 2.65. The van der Waals surface area contributed by atoms with Crippen LogP contribution >= 0.6 is 11.6 Å². The molecule has 0 bridgehead atoms. The van der Waals surface area contributed by atoms with Crippen LogP contribution in [0.5, 0.6) is 0 Å². The summed E-state index contributed by atoms with van der Waals surface area (Å²) in [4.78, 5) is 28.1. The van der Waals surface area contributed by atoms with Crippen LogP contribution in [-0.2, 0) is 17.5 Å². The van der Waals surface area contributed by atoms with Crippen LogP contribution in [0.2, 0.25) is 5.02 Å². The van der Waals surface area contributed by atoms with Crippen LogP contribution in [0, 0.1) is 0 Å². The minimum Gasteiger partial charge on any atom is -0.323 e. The van der Waals surface area contributed by atoms with Gasteiger partial charge in [-0.05, 0) is 36.4 Å². The van der Waals surface area contributed by atoms with Gasteiger partial charge >= 0.3 is 6.18 Å². The molecule has 144 valence electrons. The molecule has 1 amide bonds. The van der Waals surface area contributed by atoms with E-state index in [4.69, 9.17) is 11.6 Å². The molecule has 10 heteroatoms. The third-order valence-corrected chi connectivity index (χ3v) is 4.03. The number of halogens is 4. The second kappa shape index (κ2) is 7.81. The molecule has 2 heterocycles. The van der Waals surface area contributed by atoms with Crippen LogP contribution in [0.4, 0.5) is 18.9 Å². The van der Waals surface area contributed by atoms with Crippen molar-refractivity contribution in [2.75, 3.05) is 5.32 Å². The van der Waals surface area contributed by atoms with Gasteiger partial charge < -0.3 is 5.32 Å². The second-order valence-corrected chi connectivity index (χ2v) is 6.10. The maximum absolute atomic E-state index is 12.8. The van der Waals surface area contributed by atoms with E-state index in [2.05, 4.69) is 15.4 Å². The Bertz CT molecular complexity index is 1070. The van der Waals surface area contributed by atoms with Crippen molar-refractivity contribution in [1.29, 1.82) is 0 Å². The van der Waals surface area contributed by atoms with Crippen molar-refractivity contribution >= 4 is 23.2 Å². The van der Waals surface area contributed by atoms with Crippen molar-refractivity contribution in [3.8, 4) is 11.3 Å². The monoisotopic (exact) mass is 408 g/mol. The number of nitrogens with zero attached hydrogens (tertiary/aromatic N) is 3. The lowest BCUT2D eigenvalue weighted by molar-refractivity contribution is -0.137. The molecule has 2 aromatic heterocycles. The Morgan fingerprint density at radius 3 is 2.50 bits per heavy atom. The van der Waals surface area contributed by atoms with E-state index in [9.17, 15) is 22.8 Å². The zero-order chi connectivity index (χ0) is 20.3. The Labute approximate surface area is 161 Å². The Balaban J connectivity index is 1.82. The summed E-state index contributed by atoms with van der Waals surface area (Å²) in [5.41, 5.74) is -0.581. The van der Waals surface area contributed by atoms with Crippen molar-refractivity contribution in [2.24, 2.45) is 0 Å². The number of carbonyl (C=O) groups excluding carboxylic acids is 1. The fourth-order valence-corrected chi connectivity index (χ4v) is 2.53. The van der Waals surface area contributed by atoms with Crippen LogP contribution < -0.4 is 10.9 Å². The molecule has 0 saturated carbocycles. The summed E-state index contributed by atoms with van der Waals surface area (Å²) < 4.78 is 39.4. The lowest BCUT2D eigenvalue weighted by atomic mass is 10.2. The molecule has 0 fully saturated rings. The minimum absolute atomic E-state index is 0.0628. The van der Waals surface area contributed by atoms with Crippen molar-refractivity contribution in [2.45, 2.75) is 12.7 Å². The number of rotatable bonds is 4. The lowest BCUT2D eigenvalue weighted by Crippen LogP contribution is -2.29. The molecule has 0 aliphatic carbocycles. The van der Waals surface area contributed by atoms with Gasteiger partial charge in [-0.15, -0.1) is 0 Å². The highest BCUT2D eigenvalue weighted by molar-refractivity contribution is 6.33. The minimum atomic E-state index is -4.58. The number of hydrogen-bond donors (Lipinski definition) is 1. The first-order chi connectivity index (χ1) is 13.2. The number of benzene rings is 1. The van der Waals surface area contributed by atoms with E-state index in [1.54, 1.807) is 24.5 Å². The molecule has 0 unspecified atom stereocenters.